The number of aryl methyl sites for hydroxylation is 2. The van der Waals surface area contributed by atoms with Crippen LogP contribution in [0, 0.1) is 18.3 Å². The first-order chi connectivity index (χ1) is 12.3. The number of benzene rings is 1. The van der Waals surface area contributed by atoms with Gasteiger partial charge in [-0.15, -0.1) is 0 Å². The van der Waals surface area contributed by atoms with Gasteiger partial charge in [-0.2, -0.15) is 10.4 Å². The molecule has 1 heterocycles. The van der Waals surface area contributed by atoms with Crippen LogP contribution >= 0.6 is 0 Å². The molecule has 2 rings (SSSR count). The van der Waals surface area contributed by atoms with E-state index in [1.807, 2.05) is 36.7 Å². The summed E-state index contributed by atoms with van der Waals surface area (Å²) in [6, 6.07) is 12.6. The standard InChI is InChI=1S/C21H27N3OSi/c1-7-13-25-21(20-14-16(3)23-24(20)8-2)19(15-22)17-9-11-18(12-10-17)26(4,5)6/h7,9-12,14H,1,8,13H2,2-6H3. The molecule has 0 aliphatic carbocycles. The Labute approximate surface area is 157 Å². The highest BCUT2D eigenvalue weighted by atomic mass is 28.3. The summed E-state index contributed by atoms with van der Waals surface area (Å²) in [5, 5.41) is 15.7. The predicted octanol–water partition coefficient (Wildman–Crippen LogP) is 4.35. The normalized spacial score (nSPS) is 12.3. The Morgan fingerprint density at radius 1 is 1.31 bits per heavy atom. The average molecular weight is 366 g/mol. The van der Waals surface area contributed by atoms with Crippen molar-refractivity contribution in [2.24, 2.45) is 0 Å². The van der Waals surface area contributed by atoms with Crippen molar-refractivity contribution in [3.05, 3.63) is 59.9 Å². The average Bonchev–Trinajstić information content (AvgIpc) is 2.98. The van der Waals surface area contributed by atoms with E-state index < -0.39 is 8.07 Å². The second-order valence-electron chi connectivity index (χ2n) is 7.23. The van der Waals surface area contributed by atoms with Crippen LogP contribution in [0.1, 0.15) is 23.9 Å². The molecule has 136 valence electrons. The summed E-state index contributed by atoms with van der Waals surface area (Å²) in [6.07, 6.45) is 1.68. The summed E-state index contributed by atoms with van der Waals surface area (Å²) in [6.45, 7) is 15.7. The Morgan fingerprint density at radius 2 is 1.96 bits per heavy atom. The molecule has 0 atom stereocenters. The van der Waals surface area contributed by atoms with E-state index in [9.17, 15) is 5.26 Å². The molecule has 0 radical (unpaired) electrons. The van der Waals surface area contributed by atoms with E-state index in [0.717, 1.165) is 17.0 Å². The summed E-state index contributed by atoms with van der Waals surface area (Å²) in [7, 11) is -1.38. The van der Waals surface area contributed by atoms with Gasteiger partial charge < -0.3 is 4.74 Å². The van der Waals surface area contributed by atoms with Crippen LogP contribution in [-0.2, 0) is 11.3 Å². The van der Waals surface area contributed by atoms with Gasteiger partial charge in [0.05, 0.1) is 13.8 Å². The monoisotopic (exact) mass is 365 g/mol. The lowest BCUT2D eigenvalue weighted by atomic mass is 10.0. The maximum absolute atomic E-state index is 9.88. The van der Waals surface area contributed by atoms with Crippen molar-refractivity contribution in [2.75, 3.05) is 6.61 Å². The van der Waals surface area contributed by atoms with Crippen molar-refractivity contribution < 1.29 is 4.74 Å². The van der Waals surface area contributed by atoms with Gasteiger partial charge in [-0.05, 0) is 25.5 Å². The molecule has 5 heteroatoms. The third-order valence-corrected chi connectivity index (χ3v) is 6.22. The van der Waals surface area contributed by atoms with Crippen molar-refractivity contribution in [1.82, 2.24) is 9.78 Å². The zero-order valence-corrected chi connectivity index (χ0v) is 17.3. The molecular weight excluding hydrogens is 338 g/mol. The van der Waals surface area contributed by atoms with Crippen LogP contribution < -0.4 is 5.19 Å². The maximum atomic E-state index is 9.88. The number of aromatic nitrogens is 2. The van der Waals surface area contributed by atoms with Gasteiger partial charge in [0.2, 0.25) is 0 Å². The summed E-state index contributed by atoms with van der Waals surface area (Å²) in [4.78, 5) is 0. The first-order valence-electron chi connectivity index (χ1n) is 8.85. The Kier molecular flexibility index (Phi) is 6.22. The fourth-order valence-corrected chi connectivity index (χ4v) is 3.94. The van der Waals surface area contributed by atoms with Crippen LogP contribution in [0.4, 0.5) is 0 Å². The van der Waals surface area contributed by atoms with Crippen molar-refractivity contribution >= 4 is 24.6 Å². The molecule has 0 aliphatic heterocycles. The maximum Gasteiger partial charge on any atom is 0.163 e. The minimum absolute atomic E-state index is 0.335. The van der Waals surface area contributed by atoms with Gasteiger partial charge >= 0.3 is 0 Å². The third-order valence-electron chi connectivity index (χ3n) is 4.16. The fourth-order valence-electron chi connectivity index (χ4n) is 2.77. The molecule has 0 fully saturated rings. The zero-order valence-electron chi connectivity index (χ0n) is 16.3. The van der Waals surface area contributed by atoms with Crippen LogP contribution in [0.25, 0.3) is 11.3 Å². The highest BCUT2D eigenvalue weighted by Crippen LogP contribution is 2.28. The molecular formula is C21H27N3OSi. The molecule has 0 bridgehead atoms. The van der Waals surface area contributed by atoms with Crippen molar-refractivity contribution in [1.29, 1.82) is 5.26 Å². The van der Waals surface area contributed by atoms with Gasteiger partial charge in [-0.3, -0.25) is 4.68 Å². The topological polar surface area (TPSA) is 50.8 Å². The highest BCUT2D eigenvalue weighted by molar-refractivity contribution is 6.88. The van der Waals surface area contributed by atoms with E-state index in [0.29, 0.717) is 24.5 Å². The minimum Gasteiger partial charge on any atom is -0.486 e. The Bertz CT molecular complexity index is 849. The molecule has 0 amide bonds. The summed E-state index contributed by atoms with van der Waals surface area (Å²) < 4.78 is 7.79. The molecule has 1 aromatic heterocycles. The van der Waals surface area contributed by atoms with Gasteiger partial charge in [0.25, 0.3) is 0 Å². The van der Waals surface area contributed by atoms with Gasteiger partial charge in [0.1, 0.15) is 23.9 Å². The van der Waals surface area contributed by atoms with Crippen molar-refractivity contribution in [2.45, 2.75) is 40.0 Å². The van der Waals surface area contributed by atoms with Crippen LogP contribution in [0.2, 0.25) is 19.6 Å². The van der Waals surface area contributed by atoms with Gasteiger partial charge in [-0.1, -0.05) is 61.7 Å². The van der Waals surface area contributed by atoms with Gasteiger partial charge in [-0.25, -0.2) is 0 Å². The highest BCUT2D eigenvalue weighted by Gasteiger charge is 2.20. The van der Waals surface area contributed by atoms with Crippen LogP contribution in [0.5, 0.6) is 0 Å². The number of hydrogen-bond acceptors (Lipinski definition) is 3. The molecule has 2 aromatic rings. The van der Waals surface area contributed by atoms with Gasteiger partial charge in [0, 0.05) is 6.54 Å². The number of rotatable bonds is 7. The molecule has 26 heavy (non-hydrogen) atoms. The summed E-state index contributed by atoms with van der Waals surface area (Å²) >= 11 is 0. The molecule has 0 spiro atoms. The molecule has 4 nitrogen and oxygen atoms in total. The molecule has 0 aliphatic rings. The number of nitriles is 1. The van der Waals surface area contributed by atoms with Crippen molar-refractivity contribution in [3.63, 3.8) is 0 Å². The zero-order chi connectivity index (χ0) is 19.3. The number of allylic oxidation sites excluding steroid dienone is 1. The first kappa shape index (κ1) is 19.7. The smallest absolute Gasteiger partial charge is 0.163 e. The fraction of sp³-hybridized carbons (Fsp3) is 0.333. The molecule has 0 N–H and O–H groups in total. The quantitative estimate of drug-likeness (QED) is 0.317. The molecule has 0 saturated carbocycles. The van der Waals surface area contributed by atoms with Crippen molar-refractivity contribution in [3.8, 4) is 6.07 Å². The van der Waals surface area contributed by atoms with E-state index >= 15 is 0 Å². The number of hydrogen-bond donors (Lipinski definition) is 0. The van der Waals surface area contributed by atoms with E-state index in [4.69, 9.17) is 4.74 Å². The minimum atomic E-state index is -1.38. The SMILES string of the molecule is C=CCOC(=C(C#N)c1ccc([Si](C)(C)C)cc1)c1cc(C)nn1CC. The largest absolute Gasteiger partial charge is 0.486 e. The first-order valence-corrected chi connectivity index (χ1v) is 12.4. The summed E-state index contributed by atoms with van der Waals surface area (Å²) in [5.74, 6) is 0.551. The van der Waals surface area contributed by atoms with E-state index in [-0.39, 0.29) is 0 Å². The Hall–Kier alpha value is -2.58. The summed E-state index contributed by atoms with van der Waals surface area (Å²) in [5.41, 5.74) is 3.09. The van der Waals surface area contributed by atoms with E-state index in [1.165, 1.54) is 5.19 Å². The number of nitrogens with zero attached hydrogens (tertiary/aromatic N) is 3. The molecule has 1 aromatic carbocycles. The lowest BCUT2D eigenvalue weighted by Crippen LogP contribution is -2.37. The second kappa shape index (κ2) is 8.20. The second-order valence-corrected chi connectivity index (χ2v) is 12.3. The Balaban J connectivity index is 2.61. The molecule has 0 unspecified atom stereocenters. The Morgan fingerprint density at radius 3 is 2.46 bits per heavy atom. The third kappa shape index (κ3) is 4.33. The van der Waals surface area contributed by atoms with E-state index in [1.54, 1.807) is 6.08 Å². The van der Waals surface area contributed by atoms with Crippen LogP contribution in [0.15, 0.2) is 43.0 Å². The molecule has 0 saturated heterocycles. The van der Waals surface area contributed by atoms with Gasteiger partial charge in [0.15, 0.2) is 5.76 Å². The van der Waals surface area contributed by atoms with Crippen LogP contribution in [-0.4, -0.2) is 24.5 Å². The van der Waals surface area contributed by atoms with Crippen LogP contribution in [0.3, 0.4) is 0 Å². The number of ether oxygens (including phenoxy) is 1. The lowest BCUT2D eigenvalue weighted by Gasteiger charge is -2.17. The lowest BCUT2D eigenvalue weighted by molar-refractivity contribution is 0.317. The predicted molar refractivity (Wildman–Crippen MR) is 111 cm³/mol. The van der Waals surface area contributed by atoms with E-state index in [2.05, 4.69) is 49.5 Å².